The predicted octanol–water partition coefficient (Wildman–Crippen LogP) is 3.31. The number of nitrogens with zero attached hydrogens (tertiary/aromatic N) is 1. The van der Waals surface area contributed by atoms with Gasteiger partial charge in [-0.05, 0) is 47.1 Å². The largest absolute Gasteiger partial charge is 0.298 e. The highest BCUT2D eigenvalue weighted by Crippen LogP contribution is 2.26. The molecule has 1 N–H and O–H groups in total. The van der Waals surface area contributed by atoms with Crippen LogP contribution in [0.1, 0.15) is 5.56 Å². The standard InChI is InChI=1S/C20H15FN2O2S/c1-2-11-23-19(25)17(18(24)22-20(23)26)12-14-5-3-4-6-16(14)13-7-9-15(21)10-8-13/h2-10,12H,1,11H2,(H,22,24,26). The van der Waals surface area contributed by atoms with E-state index < -0.39 is 11.8 Å². The third-order valence-corrected chi connectivity index (χ3v) is 4.24. The van der Waals surface area contributed by atoms with Crippen LogP contribution in [0.4, 0.5) is 4.39 Å². The summed E-state index contributed by atoms with van der Waals surface area (Å²) in [6.07, 6.45) is 3.06. The molecule has 0 saturated carbocycles. The van der Waals surface area contributed by atoms with Crippen molar-refractivity contribution in [2.75, 3.05) is 6.54 Å². The Kier molecular flexibility index (Phi) is 5.04. The Morgan fingerprint density at radius 2 is 1.81 bits per heavy atom. The van der Waals surface area contributed by atoms with E-state index in [1.54, 1.807) is 24.3 Å². The first kappa shape index (κ1) is 17.7. The van der Waals surface area contributed by atoms with Crippen LogP contribution in [0.25, 0.3) is 17.2 Å². The van der Waals surface area contributed by atoms with E-state index in [0.29, 0.717) is 5.56 Å². The van der Waals surface area contributed by atoms with Gasteiger partial charge in [0.15, 0.2) is 5.11 Å². The first-order chi connectivity index (χ1) is 12.5. The van der Waals surface area contributed by atoms with Gasteiger partial charge in [-0.25, -0.2) is 4.39 Å². The van der Waals surface area contributed by atoms with Crippen LogP contribution >= 0.6 is 12.2 Å². The van der Waals surface area contributed by atoms with E-state index in [2.05, 4.69) is 11.9 Å². The monoisotopic (exact) mass is 366 g/mol. The fourth-order valence-corrected chi connectivity index (χ4v) is 2.91. The molecule has 130 valence electrons. The van der Waals surface area contributed by atoms with Gasteiger partial charge in [-0.3, -0.25) is 19.8 Å². The summed E-state index contributed by atoms with van der Waals surface area (Å²) in [5, 5.41) is 2.57. The summed E-state index contributed by atoms with van der Waals surface area (Å²) in [4.78, 5) is 26.2. The number of carbonyl (C=O) groups excluding carboxylic acids is 2. The SMILES string of the molecule is C=CCN1C(=O)C(=Cc2ccccc2-c2ccc(F)cc2)C(=O)NC1=S. The molecular weight excluding hydrogens is 351 g/mol. The van der Waals surface area contributed by atoms with E-state index in [1.165, 1.54) is 29.2 Å². The number of hydrogen-bond donors (Lipinski definition) is 1. The second-order valence-corrected chi connectivity index (χ2v) is 6.00. The number of carbonyl (C=O) groups is 2. The molecule has 1 saturated heterocycles. The van der Waals surface area contributed by atoms with Crippen LogP contribution < -0.4 is 5.32 Å². The van der Waals surface area contributed by atoms with Crippen LogP contribution in [0.2, 0.25) is 0 Å². The van der Waals surface area contributed by atoms with Crippen molar-refractivity contribution in [3.8, 4) is 11.1 Å². The van der Waals surface area contributed by atoms with Crippen molar-refractivity contribution in [1.82, 2.24) is 10.2 Å². The Balaban J connectivity index is 2.05. The molecule has 2 aromatic rings. The summed E-state index contributed by atoms with van der Waals surface area (Å²) in [5.41, 5.74) is 2.21. The summed E-state index contributed by atoms with van der Waals surface area (Å²) in [7, 11) is 0. The smallest absolute Gasteiger partial charge is 0.265 e. The molecule has 0 atom stereocenters. The third kappa shape index (κ3) is 3.45. The zero-order valence-corrected chi connectivity index (χ0v) is 14.6. The van der Waals surface area contributed by atoms with E-state index in [9.17, 15) is 14.0 Å². The minimum absolute atomic E-state index is 0.0185. The second-order valence-electron chi connectivity index (χ2n) is 5.62. The maximum absolute atomic E-state index is 13.2. The number of rotatable bonds is 4. The van der Waals surface area contributed by atoms with Crippen LogP contribution in [0, 0.1) is 5.82 Å². The topological polar surface area (TPSA) is 49.4 Å². The maximum atomic E-state index is 13.2. The number of hydrogen-bond acceptors (Lipinski definition) is 3. The molecule has 26 heavy (non-hydrogen) atoms. The lowest BCUT2D eigenvalue weighted by atomic mass is 9.97. The Morgan fingerprint density at radius 3 is 2.50 bits per heavy atom. The summed E-state index contributed by atoms with van der Waals surface area (Å²) < 4.78 is 13.2. The molecular formula is C20H15FN2O2S. The molecule has 1 aliphatic heterocycles. The van der Waals surface area contributed by atoms with Gasteiger partial charge in [-0.15, -0.1) is 6.58 Å². The maximum Gasteiger partial charge on any atom is 0.265 e. The van der Waals surface area contributed by atoms with Gasteiger partial charge in [0, 0.05) is 6.54 Å². The number of amides is 2. The molecule has 1 heterocycles. The van der Waals surface area contributed by atoms with Gasteiger partial charge in [-0.1, -0.05) is 42.5 Å². The molecule has 1 fully saturated rings. The van der Waals surface area contributed by atoms with Crippen molar-refractivity contribution in [2.24, 2.45) is 0 Å². The second kappa shape index (κ2) is 7.41. The quantitative estimate of drug-likeness (QED) is 0.391. The molecule has 2 amide bonds. The van der Waals surface area contributed by atoms with Crippen molar-refractivity contribution in [1.29, 1.82) is 0 Å². The van der Waals surface area contributed by atoms with Crippen LogP contribution in [-0.2, 0) is 9.59 Å². The van der Waals surface area contributed by atoms with Crippen molar-refractivity contribution in [2.45, 2.75) is 0 Å². The Labute approximate surface area is 155 Å². The van der Waals surface area contributed by atoms with E-state index in [-0.39, 0.29) is 23.0 Å². The number of halogens is 1. The van der Waals surface area contributed by atoms with Crippen molar-refractivity contribution in [3.05, 3.63) is 78.1 Å². The normalized spacial score (nSPS) is 16.0. The molecule has 0 unspecified atom stereocenters. The fraction of sp³-hybridized carbons (Fsp3) is 0.0500. The van der Waals surface area contributed by atoms with Crippen molar-refractivity contribution < 1.29 is 14.0 Å². The zero-order valence-electron chi connectivity index (χ0n) is 13.7. The molecule has 6 heteroatoms. The molecule has 0 radical (unpaired) electrons. The minimum Gasteiger partial charge on any atom is -0.298 e. The van der Waals surface area contributed by atoms with Gasteiger partial charge < -0.3 is 0 Å². The van der Waals surface area contributed by atoms with Gasteiger partial charge in [0.2, 0.25) is 0 Å². The van der Waals surface area contributed by atoms with Gasteiger partial charge in [-0.2, -0.15) is 0 Å². The zero-order chi connectivity index (χ0) is 18.7. The highest BCUT2D eigenvalue weighted by molar-refractivity contribution is 7.80. The van der Waals surface area contributed by atoms with E-state index >= 15 is 0 Å². The fourth-order valence-electron chi connectivity index (χ4n) is 2.66. The van der Waals surface area contributed by atoms with Crippen LogP contribution in [-0.4, -0.2) is 28.4 Å². The van der Waals surface area contributed by atoms with Gasteiger partial charge >= 0.3 is 0 Å². The minimum atomic E-state index is -0.547. The molecule has 0 aliphatic carbocycles. The molecule has 0 spiro atoms. The summed E-state index contributed by atoms with van der Waals surface area (Å²) >= 11 is 5.04. The number of benzene rings is 2. The molecule has 0 aromatic heterocycles. The molecule has 1 aliphatic rings. The number of thiocarbonyl (C=S) groups is 1. The van der Waals surface area contributed by atoms with E-state index in [1.807, 2.05) is 12.1 Å². The average Bonchev–Trinajstić information content (AvgIpc) is 2.63. The third-order valence-electron chi connectivity index (χ3n) is 3.91. The molecule has 2 aromatic carbocycles. The summed E-state index contributed by atoms with van der Waals surface area (Å²) in [6.45, 7) is 3.80. The lowest BCUT2D eigenvalue weighted by Crippen LogP contribution is -2.53. The molecule has 3 rings (SSSR count). The first-order valence-corrected chi connectivity index (χ1v) is 8.27. The Hall–Kier alpha value is -3.12. The van der Waals surface area contributed by atoms with Crippen LogP contribution in [0.5, 0.6) is 0 Å². The van der Waals surface area contributed by atoms with Crippen LogP contribution in [0.3, 0.4) is 0 Å². The summed E-state index contributed by atoms with van der Waals surface area (Å²) in [6, 6.07) is 13.3. The molecule has 0 bridgehead atoms. The van der Waals surface area contributed by atoms with Gasteiger partial charge in [0.25, 0.3) is 11.8 Å². The van der Waals surface area contributed by atoms with Gasteiger partial charge in [0.1, 0.15) is 11.4 Å². The Bertz CT molecular complexity index is 935. The van der Waals surface area contributed by atoms with Gasteiger partial charge in [0.05, 0.1) is 0 Å². The van der Waals surface area contributed by atoms with Crippen LogP contribution in [0.15, 0.2) is 66.8 Å². The average molecular weight is 366 g/mol. The highest BCUT2D eigenvalue weighted by Gasteiger charge is 2.32. The molecule has 4 nitrogen and oxygen atoms in total. The summed E-state index contributed by atoms with van der Waals surface area (Å²) in [5.74, 6) is -1.36. The number of nitrogens with one attached hydrogen (secondary N) is 1. The highest BCUT2D eigenvalue weighted by atomic mass is 32.1. The lowest BCUT2D eigenvalue weighted by Gasteiger charge is -2.27. The first-order valence-electron chi connectivity index (χ1n) is 7.86. The van der Waals surface area contributed by atoms with Crippen molar-refractivity contribution >= 4 is 35.2 Å². The van der Waals surface area contributed by atoms with E-state index in [4.69, 9.17) is 12.2 Å². The van der Waals surface area contributed by atoms with E-state index in [0.717, 1.165) is 11.1 Å². The Morgan fingerprint density at radius 1 is 1.12 bits per heavy atom. The van der Waals surface area contributed by atoms with Crippen molar-refractivity contribution in [3.63, 3.8) is 0 Å². The lowest BCUT2D eigenvalue weighted by molar-refractivity contribution is -0.128. The predicted molar refractivity (Wildman–Crippen MR) is 102 cm³/mol.